The lowest BCUT2D eigenvalue weighted by Gasteiger charge is -2.06. The van der Waals surface area contributed by atoms with Crippen molar-refractivity contribution >= 4 is 17.7 Å². The molecule has 1 heterocycles. The quantitative estimate of drug-likeness (QED) is 0.737. The molecule has 2 aromatic rings. The fraction of sp³-hybridized carbons (Fsp3) is 0.467. The van der Waals surface area contributed by atoms with Gasteiger partial charge in [-0.2, -0.15) is 0 Å². The highest BCUT2D eigenvalue weighted by Gasteiger charge is 2.28. The van der Waals surface area contributed by atoms with Crippen molar-refractivity contribution in [2.24, 2.45) is 0 Å². The van der Waals surface area contributed by atoms with E-state index in [9.17, 15) is 4.79 Å². The summed E-state index contributed by atoms with van der Waals surface area (Å²) in [4.78, 5) is 11.9. The fourth-order valence-electron chi connectivity index (χ4n) is 2.15. The lowest BCUT2D eigenvalue weighted by molar-refractivity contribution is -0.118. The molecule has 3 rings (SSSR count). The Morgan fingerprint density at radius 2 is 2.17 bits per heavy atom. The molecule has 7 nitrogen and oxygen atoms in total. The number of benzene rings is 1. The lowest BCUT2D eigenvalue weighted by Crippen LogP contribution is -2.27. The number of tetrazole rings is 1. The van der Waals surface area contributed by atoms with Crippen molar-refractivity contribution in [3.63, 3.8) is 0 Å². The number of aromatic nitrogens is 4. The van der Waals surface area contributed by atoms with Crippen LogP contribution in [0.4, 0.5) is 0 Å². The number of nitrogens with zero attached hydrogens (tertiary/aromatic N) is 4. The summed E-state index contributed by atoms with van der Waals surface area (Å²) in [5.74, 6) is 1.16. The average Bonchev–Trinajstić information content (AvgIpc) is 3.32. The second-order valence-electron chi connectivity index (χ2n) is 5.37. The van der Waals surface area contributed by atoms with Gasteiger partial charge in [-0.3, -0.25) is 4.79 Å². The summed E-state index contributed by atoms with van der Waals surface area (Å²) in [5.41, 5.74) is 1.16. The summed E-state index contributed by atoms with van der Waals surface area (Å²) in [7, 11) is 1.65. The van der Waals surface area contributed by atoms with E-state index in [4.69, 9.17) is 4.74 Å². The molecule has 122 valence electrons. The number of carbonyl (C=O) groups excluding carboxylic acids is 1. The van der Waals surface area contributed by atoms with Gasteiger partial charge in [0.25, 0.3) is 0 Å². The van der Waals surface area contributed by atoms with Gasteiger partial charge in [-0.05, 0) is 47.4 Å². The highest BCUT2D eigenvalue weighted by atomic mass is 32.2. The minimum Gasteiger partial charge on any atom is -0.497 e. The van der Waals surface area contributed by atoms with Crippen LogP contribution >= 0.6 is 11.8 Å². The minimum absolute atomic E-state index is 0.00569. The molecular formula is C15H19N5O2S. The Balaban J connectivity index is 1.38. The Kier molecular flexibility index (Phi) is 5.12. The monoisotopic (exact) mass is 333 g/mol. The molecule has 1 aliphatic carbocycles. The summed E-state index contributed by atoms with van der Waals surface area (Å²) >= 11 is 1.38. The normalized spacial score (nSPS) is 13.8. The van der Waals surface area contributed by atoms with Gasteiger partial charge in [-0.15, -0.1) is 5.10 Å². The number of thioether (sulfide) groups is 1. The molecule has 8 heteroatoms. The Labute approximate surface area is 138 Å². The third-order valence-corrected chi connectivity index (χ3v) is 4.52. The molecule has 1 saturated carbocycles. The highest BCUT2D eigenvalue weighted by Crippen LogP contribution is 2.36. The van der Waals surface area contributed by atoms with Crippen molar-refractivity contribution in [1.82, 2.24) is 25.5 Å². The van der Waals surface area contributed by atoms with E-state index >= 15 is 0 Å². The number of methoxy groups -OCH3 is 1. The predicted molar refractivity (Wildman–Crippen MR) is 86.5 cm³/mol. The topological polar surface area (TPSA) is 81.9 Å². The first-order chi connectivity index (χ1) is 11.3. The minimum atomic E-state index is -0.00569. The number of rotatable bonds is 8. The Hall–Kier alpha value is -2.09. The standard InChI is InChI=1S/C15H19N5O2S/c1-22-13-6-2-11(3-7-13)8-9-16-14(21)10-23-15-17-18-19-20(15)12-4-5-12/h2-3,6-7,12H,4-5,8-10H2,1H3,(H,16,21). The van der Waals surface area contributed by atoms with Crippen LogP contribution in [-0.2, 0) is 11.2 Å². The van der Waals surface area contributed by atoms with Crippen LogP contribution in [0, 0.1) is 0 Å². The van der Waals surface area contributed by atoms with Crippen LogP contribution in [0.5, 0.6) is 5.75 Å². The van der Waals surface area contributed by atoms with Gasteiger partial charge < -0.3 is 10.1 Å². The maximum atomic E-state index is 11.9. The van der Waals surface area contributed by atoms with Crippen LogP contribution < -0.4 is 10.1 Å². The summed E-state index contributed by atoms with van der Waals surface area (Å²) in [6, 6.07) is 8.27. The zero-order valence-corrected chi connectivity index (χ0v) is 13.8. The molecule has 0 saturated heterocycles. The first-order valence-corrected chi connectivity index (χ1v) is 8.55. The molecule has 0 radical (unpaired) electrons. The van der Waals surface area contributed by atoms with Gasteiger partial charge in [-0.25, -0.2) is 4.68 Å². The Morgan fingerprint density at radius 3 is 2.87 bits per heavy atom. The zero-order chi connectivity index (χ0) is 16.1. The van der Waals surface area contributed by atoms with E-state index in [0.29, 0.717) is 18.3 Å². The molecule has 0 spiro atoms. The van der Waals surface area contributed by atoms with Crippen molar-refractivity contribution in [2.45, 2.75) is 30.5 Å². The molecule has 0 atom stereocenters. The first-order valence-electron chi connectivity index (χ1n) is 7.56. The first kappa shape index (κ1) is 15.8. The molecule has 1 aromatic heterocycles. The largest absolute Gasteiger partial charge is 0.497 e. The maximum absolute atomic E-state index is 11.9. The van der Waals surface area contributed by atoms with Crippen molar-refractivity contribution < 1.29 is 9.53 Å². The van der Waals surface area contributed by atoms with Crippen LogP contribution in [0.15, 0.2) is 29.4 Å². The number of nitrogens with one attached hydrogen (secondary N) is 1. The van der Waals surface area contributed by atoms with Crippen LogP contribution in [0.1, 0.15) is 24.4 Å². The van der Waals surface area contributed by atoms with Crippen molar-refractivity contribution in [2.75, 3.05) is 19.4 Å². The molecule has 0 bridgehead atoms. The summed E-state index contributed by atoms with van der Waals surface area (Å²) in [6.07, 6.45) is 3.03. The predicted octanol–water partition coefficient (Wildman–Crippen LogP) is 1.47. The lowest BCUT2D eigenvalue weighted by atomic mass is 10.1. The smallest absolute Gasteiger partial charge is 0.230 e. The third-order valence-electron chi connectivity index (χ3n) is 3.58. The second kappa shape index (κ2) is 7.45. The number of hydrogen-bond acceptors (Lipinski definition) is 6. The van der Waals surface area contributed by atoms with E-state index in [1.807, 2.05) is 28.9 Å². The molecule has 1 aliphatic rings. The molecule has 1 amide bonds. The van der Waals surface area contributed by atoms with Gasteiger partial charge in [0.2, 0.25) is 11.1 Å². The molecule has 1 fully saturated rings. The van der Waals surface area contributed by atoms with E-state index in [0.717, 1.165) is 35.7 Å². The number of ether oxygens (including phenoxy) is 1. The van der Waals surface area contributed by atoms with Crippen LogP contribution in [0.25, 0.3) is 0 Å². The van der Waals surface area contributed by atoms with E-state index in [-0.39, 0.29) is 5.91 Å². The fourth-order valence-corrected chi connectivity index (χ4v) is 2.92. The van der Waals surface area contributed by atoms with Crippen LogP contribution in [0.2, 0.25) is 0 Å². The van der Waals surface area contributed by atoms with E-state index in [1.165, 1.54) is 11.8 Å². The van der Waals surface area contributed by atoms with E-state index in [1.54, 1.807) is 7.11 Å². The Bertz CT molecular complexity index is 654. The van der Waals surface area contributed by atoms with Gasteiger partial charge in [0, 0.05) is 6.54 Å². The summed E-state index contributed by atoms with van der Waals surface area (Å²) in [5, 5.41) is 15.2. The van der Waals surface area contributed by atoms with Gasteiger partial charge in [0.1, 0.15) is 5.75 Å². The molecule has 1 N–H and O–H groups in total. The zero-order valence-electron chi connectivity index (χ0n) is 12.9. The average molecular weight is 333 g/mol. The van der Waals surface area contributed by atoms with Crippen LogP contribution in [0.3, 0.4) is 0 Å². The number of carbonyl (C=O) groups is 1. The molecule has 0 aliphatic heterocycles. The van der Waals surface area contributed by atoms with Crippen LogP contribution in [-0.4, -0.2) is 45.5 Å². The highest BCUT2D eigenvalue weighted by molar-refractivity contribution is 7.99. The van der Waals surface area contributed by atoms with Crippen molar-refractivity contribution in [3.05, 3.63) is 29.8 Å². The maximum Gasteiger partial charge on any atom is 0.230 e. The van der Waals surface area contributed by atoms with Crippen molar-refractivity contribution in [1.29, 1.82) is 0 Å². The van der Waals surface area contributed by atoms with E-state index < -0.39 is 0 Å². The van der Waals surface area contributed by atoms with E-state index in [2.05, 4.69) is 20.8 Å². The summed E-state index contributed by atoms with van der Waals surface area (Å²) in [6.45, 7) is 0.610. The Morgan fingerprint density at radius 1 is 1.39 bits per heavy atom. The molecular weight excluding hydrogens is 314 g/mol. The second-order valence-corrected chi connectivity index (χ2v) is 6.32. The molecule has 0 unspecified atom stereocenters. The van der Waals surface area contributed by atoms with Gasteiger partial charge >= 0.3 is 0 Å². The van der Waals surface area contributed by atoms with Crippen molar-refractivity contribution in [3.8, 4) is 5.75 Å². The number of hydrogen-bond donors (Lipinski definition) is 1. The molecule has 23 heavy (non-hydrogen) atoms. The van der Waals surface area contributed by atoms with Gasteiger partial charge in [-0.1, -0.05) is 23.9 Å². The summed E-state index contributed by atoms with van der Waals surface area (Å²) < 4.78 is 6.93. The number of amides is 1. The SMILES string of the molecule is COc1ccc(CCNC(=O)CSc2nnnn2C2CC2)cc1. The molecule has 1 aromatic carbocycles. The van der Waals surface area contributed by atoms with Gasteiger partial charge in [0.15, 0.2) is 0 Å². The third kappa shape index (κ3) is 4.44. The van der Waals surface area contributed by atoms with Gasteiger partial charge in [0.05, 0.1) is 18.9 Å².